The molecule has 1 atom stereocenters. The minimum absolute atomic E-state index is 0.0683. The first-order valence-electron chi connectivity index (χ1n) is 7.10. The highest BCUT2D eigenvalue weighted by atomic mass is 32.2. The minimum Gasteiger partial charge on any atom is -0.468 e. The number of benzene rings is 2. The van der Waals surface area contributed by atoms with Crippen LogP contribution in [0.15, 0.2) is 59.5 Å². The molecule has 7 heteroatoms. The molecule has 0 spiro atoms. The first-order chi connectivity index (χ1) is 11.5. The van der Waals surface area contributed by atoms with Crippen LogP contribution in [0.3, 0.4) is 0 Å². The van der Waals surface area contributed by atoms with Gasteiger partial charge in [0.1, 0.15) is 6.04 Å². The Labute approximate surface area is 140 Å². The number of nitrogens with one attached hydrogen (secondary N) is 1. The van der Waals surface area contributed by atoms with Crippen LogP contribution < -0.4 is 4.72 Å². The number of carbonyl (C=O) groups is 1. The van der Waals surface area contributed by atoms with E-state index in [9.17, 15) is 13.2 Å². The smallest absolute Gasteiger partial charge is 0.324 e. The third kappa shape index (κ3) is 4.41. The van der Waals surface area contributed by atoms with Crippen LogP contribution >= 0.6 is 0 Å². The lowest BCUT2D eigenvalue weighted by Gasteiger charge is -2.17. The van der Waals surface area contributed by atoms with Crippen molar-refractivity contribution in [3.8, 4) is 6.07 Å². The summed E-state index contributed by atoms with van der Waals surface area (Å²) in [7, 11) is -2.65. The zero-order chi connectivity index (χ0) is 17.6. The van der Waals surface area contributed by atoms with Gasteiger partial charge in [0, 0.05) is 0 Å². The molecular weight excluding hydrogens is 328 g/mol. The van der Waals surface area contributed by atoms with E-state index in [-0.39, 0.29) is 11.3 Å². The number of hydrogen-bond donors (Lipinski definition) is 1. The van der Waals surface area contributed by atoms with Crippen molar-refractivity contribution in [2.24, 2.45) is 0 Å². The summed E-state index contributed by atoms with van der Waals surface area (Å²) in [6.45, 7) is 0. The molecule has 2 rings (SSSR count). The fourth-order valence-corrected chi connectivity index (χ4v) is 3.33. The summed E-state index contributed by atoms with van der Waals surface area (Å²) in [6.07, 6.45) is 0.116. The second kappa shape index (κ2) is 7.73. The number of nitrogens with zero attached hydrogens (tertiary/aromatic N) is 1. The summed E-state index contributed by atoms with van der Waals surface area (Å²) in [5, 5.41) is 8.80. The van der Waals surface area contributed by atoms with E-state index in [2.05, 4.69) is 4.72 Å². The Morgan fingerprint density at radius 3 is 2.33 bits per heavy atom. The zero-order valence-corrected chi connectivity index (χ0v) is 13.8. The number of ether oxygens (including phenoxy) is 1. The lowest BCUT2D eigenvalue weighted by atomic mass is 10.1. The maximum Gasteiger partial charge on any atom is 0.324 e. The summed E-state index contributed by atoms with van der Waals surface area (Å²) in [6, 6.07) is 15.3. The maximum absolute atomic E-state index is 12.4. The van der Waals surface area contributed by atoms with E-state index in [4.69, 9.17) is 10.00 Å². The molecule has 0 heterocycles. The lowest BCUT2D eigenvalue weighted by molar-refractivity contribution is -0.142. The molecule has 0 bridgehead atoms. The van der Waals surface area contributed by atoms with Gasteiger partial charge in [-0.05, 0) is 36.2 Å². The molecule has 124 valence electrons. The Hall–Kier alpha value is -2.69. The highest BCUT2D eigenvalue weighted by Gasteiger charge is 2.26. The van der Waals surface area contributed by atoms with Crippen LogP contribution in [0.25, 0.3) is 0 Å². The minimum atomic E-state index is -3.85. The van der Waals surface area contributed by atoms with Gasteiger partial charge >= 0.3 is 5.97 Å². The molecule has 2 aromatic carbocycles. The van der Waals surface area contributed by atoms with Gasteiger partial charge in [0.05, 0.1) is 23.6 Å². The van der Waals surface area contributed by atoms with Gasteiger partial charge in [-0.2, -0.15) is 9.98 Å². The van der Waals surface area contributed by atoms with Crippen molar-refractivity contribution in [3.05, 3.63) is 65.7 Å². The molecule has 0 saturated carbocycles. The molecule has 1 unspecified atom stereocenters. The van der Waals surface area contributed by atoms with E-state index >= 15 is 0 Å². The van der Waals surface area contributed by atoms with Crippen LogP contribution in [0.1, 0.15) is 11.1 Å². The molecule has 0 aromatic heterocycles. The van der Waals surface area contributed by atoms with E-state index < -0.39 is 22.0 Å². The molecule has 2 aromatic rings. The van der Waals surface area contributed by atoms with Gasteiger partial charge in [-0.3, -0.25) is 4.79 Å². The number of nitriles is 1. The zero-order valence-electron chi connectivity index (χ0n) is 13.0. The van der Waals surface area contributed by atoms with Crippen LogP contribution in [0.4, 0.5) is 0 Å². The molecule has 0 amide bonds. The summed E-state index contributed by atoms with van der Waals surface area (Å²) >= 11 is 0. The van der Waals surface area contributed by atoms with Gasteiger partial charge < -0.3 is 4.74 Å². The van der Waals surface area contributed by atoms with Crippen LogP contribution in [0.2, 0.25) is 0 Å². The number of sulfonamides is 1. The first kappa shape index (κ1) is 17.7. The standard InChI is InChI=1S/C17H16N2O4S/c1-23-17(20)16(11-13-7-9-14(12-18)10-8-13)19-24(21,22)15-5-3-2-4-6-15/h2-10,16,19H,11H2,1H3. The average molecular weight is 344 g/mol. The fourth-order valence-electron chi connectivity index (χ4n) is 2.12. The van der Waals surface area contributed by atoms with Crippen LogP contribution in [-0.2, 0) is 26.0 Å². The van der Waals surface area contributed by atoms with Crippen molar-refractivity contribution >= 4 is 16.0 Å². The quantitative estimate of drug-likeness (QED) is 0.803. The van der Waals surface area contributed by atoms with E-state index in [1.54, 1.807) is 42.5 Å². The SMILES string of the molecule is COC(=O)C(Cc1ccc(C#N)cc1)NS(=O)(=O)c1ccccc1. The van der Waals surface area contributed by atoms with Crippen LogP contribution in [0.5, 0.6) is 0 Å². The predicted molar refractivity (Wildman–Crippen MR) is 87.4 cm³/mol. The number of carbonyl (C=O) groups excluding carboxylic acids is 1. The highest BCUT2D eigenvalue weighted by Crippen LogP contribution is 2.12. The summed E-state index contributed by atoms with van der Waals surface area (Å²) in [5.74, 6) is -0.682. The third-order valence-electron chi connectivity index (χ3n) is 3.36. The molecule has 0 aliphatic rings. The molecule has 0 saturated heterocycles. The summed E-state index contributed by atoms with van der Waals surface area (Å²) in [5.41, 5.74) is 1.19. The van der Waals surface area contributed by atoms with Crippen LogP contribution in [-0.4, -0.2) is 27.5 Å². The van der Waals surface area contributed by atoms with Gasteiger partial charge in [0.15, 0.2) is 0 Å². The largest absolute Gasteiger partial charge is 0.468 e. The first-order valence-corrected chi connectivity index (χ1v) is 8.59. The van der Waals surface area contributed by atoms with E-state index in [1.807, 2.05) is 6.07 Å². The average Bonchev–Trinajstić information content (AvgIpc) is 2.61. The summed E-state index contributed by atoms with van der Waals surface area (Å²) in [4.78, 5) is 12.0. The number of hydrogen-bond acceptors (Lipinski definition) is 5. The molecule has 6 nitrogen and oxygen atoms in total. The molecule has 0 aliphatic heterocycles. The van der Waals surface area contributed by atoms with E-state index in [0.717, 1.165) is 0 Å². The third-order valence-corrected chi connectivity index (χ3v) is 4.85. The second-order valence-electron chi connectivity index (χ2n) is 5.02. The molecule has 0 fully saturated rings. The van der Waals surface area contributed by atoms with Crippen molar-refractivity contribution in [2.45, 2.75) is 17.4 Å². The predicted octanol–water partition coefficient (Wildman–Crippen LogP) is 1.62. The van der Waals surface area contributed by atoms with E-state index in [0.29, 0.717) is 11.1 Å². The van der Waals surface area contributed by atoms with Gasteiger partial charge in [-0.25, -0.2) is 8.42 Å². The molecular formula is C17H16N2O4S. The van der Waals surface area contributed by atoms with Gasteiger partial charge in [-0.1, -0.05) is 30.3 Å². The Bertz CT molecular complexity index is 840. The molecule has 0 aliphatic carbocycles. The lowest BCUT2D eigenvalue weighted by Crippen LogP contribution is -2.42. The fraction of sp³-hybridized carbons (Fsp3) is 0.176. The number of rotatable bonds is 6. The maximum atomic E-state index is 12.4. The Kier molecular flexibility index (Phi) is 5.68. The Balaban J connectivity index is 2.22. The topological polar surface area (TPSA) is 96.3 Å². The van der Waals surface area contributed by atoms with E-state index in [1.165, 1.54) is 19.2 Å². The number of methoxy groups -OCH3 is 1. The van der Waals surface area contributed by atoms with Crippen LogP contribution in [0, 0.1) is 11.3 Å². The van der Waals surface area contributed by atoms with Crippen molar-refractivity contribution < 1.29 is 17.9 Å². The Morgan fingerprint density at radius 1 is 1.17 bits per heavy atom. The number of esters is 1. The molecule has 24 heavy (non-hydrogen) atoms. The molecule has 0 radical (unpaired) electrons. The van der Waals surface area contributed by atoms with Crippen molar-refractivity contribution in [2.75, 3.05) is 7.11 Å². The van der Waals surface area contributed by atoms with Gasteiger partial charge in [-0.15, -0.1) is 0 Å². The second-order valence-corrected chi connectivity index (χ2v) is 6.74. The van der Waals surface area contributed by atoms with Crippen molar-refractivity contribution in [1.29, 1.82) is 5.26 Å². The normalized spacial score (nSPS) is 12.2. The monoisotopic (exact) mass is 344 g/mol. The van der Waals surface area contributed by atoms with Gasteiger partial charge in [0.25, 0.3) is 0 Å². The highest BCUT2D eigenvalue weighted by molar-refractivity contribution is 7.89. The van der Waals surface area contributed by atoms with Gasteiger partial charge in [0.2, 0.25) is 10.0 Å². The Morgan fingerprint density at radius 2 is 1.79 bits per heavy atom. The van der Waals surface area contributed by atoms with Crippen molar-refractivity contribution in [1.82, 2.24) is 4.72 Å². The molecule has 1 N–H and O–H groups in total. The summed E-state index contributed by atoms with van der Waals surface area (Å²) < 4.78 is 31.8. The van der Waals surface area contributed by atoms with Crippen molar-refractivity contribution in [3.63, 3.8) is 0 Å².